The number of aryl methyl sites for hydroxylation is 1. The molecule has 3 nitrogen and oxygen atoms in total. The number of likely N-dealkylation sites (tertiary alicyclic amines) is 1. The van der Waals surface area contributed by atoms with E-state index in [1.54, 1.807) is 0 Å². The third kappa shape index (κ3) is 2.87. The topological polar surface area (TPSA) is 40.5 Å². The molecule has 0 aliphatic carbocycles. The van der Waals surface area contributed by atoms with Crippen molar-refractivity contribution in [1.29, 1.82) is 0 Å². The number of rotatable bonds is 3. The first-order valence-corrected chi connectivity index (χ1v) is 6.59. The number of benzene rings is 1. The van der Waals surface area contributed by atoms with Crippen molar-refractivity contribution >= 4 is 21.9 Å². The van der Waals surface area contributed by atoms with Crippen LogP contribution in [0.3, 0.4) is 0 Å². The molecule has 0 radical (unpaired) electrons. The van der Waals surface area contributed by atoms with Crippen LogP contribution in [0.1, 0.15) is 24.0 Å². The van der Waals surface area contributed by atoms with E-state index < -0.39 is 5.97 Å². The Balaban J connectivity index is 2.12. The Kier molecular flexibility index (Phi) is 3.84. The summed E-state index contributed by atoms with van der Waals surface area (Å²) in [6.45, 7) is 3.68. The van der Waals surface area contributed by atoms with E-state index in [0.717, 1.165) is 30.4 Å². The molecule has 0 saturated carbocycles. The Morgan fingerprint density at radius 3 is 3.00 bits per heavy atom. The number of hydrogen-bond acceptors (Lipinski definition) is 2. The maximum absolute atomic E-state index is 11.1. The summed E-state index contributed by atoms with van der Waals surface area (Å²) in [5, 5.41) is 9.13. The monoisotopic (exact) mass is 297 g/mol. The Bertz CT molecular complexity index is 433. The Labute approximate surface area is 110 Å². The molecule has 1 atom stereocenters. The molecule has 1 heterocycles. The van der Waals surface area contributed by atoms with Crippen molar-refractivity contribution in [2.75, 3.05) is 6.54 Å². The van der Waals surface area contributed by atoms with Gasteiger partial charge >= 0.3 is 5.97 Å². The molecule has 1 fully saturated rings. The number of aliphatic carboxylic acids is 1. The molecule has 0 bridgehead atoms. The van der Waals surface area contributed by atoms with Gasteiger partial charge < -0.3 is 5.11 Å². The van der Waals surface area contributed by atoms with Gasteiger partial charge in [0, 0.05) is 11.0 Å². The van der Waals surface area contributed by atoms with Crippen molar-refractivity contribution in [3.63, 3.8) is 0 Å². The molecule has 0 aromatic heterocycles. The average Bonchev–Trinajstić information content (AvgIpc) is 2.70. The van der Waals surface area contributed by atoms with E-state index in [1.165, 1.54) is 11.1 Å². The summed E-state index contributed by atoms with van der Waals surface area (Å²) in [6, 6.07) is 5.84. The predicted molar refractivity (Wildman–Crippen MR) is 69.9 cm³/mol. The Morgan fingerprint density at radius 2 is 2.35 bits per heavy atom. The highest BCUT2D eigenvalue weighted by Gasteiger charge is 2.30. The van der Waals surface area contributed by atoms with E-state index in [1.807, 2.05) is 6.07 Å². The zero-order valence-electron chi connectivity index (χ0n) is 9.82. The molecule has 1 aliphatic heterocycles. The molecule has 0 unspecified atom stereocenters. The van der Waals surface area contributed by atoms with Gasteiger partial charge in [-0.3, -0.25) is 9.69 Å². The van der Waals surface area contributed by atoms with Gasteiger partial charge in [-0.1, -0.05) is 22.0 Å². The zero-order valence-corrected chi connectivity index (χ0v) is 11.4. The molecule has 0 amide bonds. The summed E-state index contributed by atoms with van der Waals surface area (Å²) in [6.07, 6.45) is 1.75. The molecule has 4 heteroatoms. The quantitative estimate of drug-likeness (QED) is 0.933. The first-order valence-electron chi connectivity index (χ1n) is 5.80. The van der Waals surface area contributed by atoms with Crippen molar-refractivity contribution in [2.45, 2.75) is 32.4 Å². The van der Waals surface area contributed by atoms with E-state index in [4.69, 9.17) is 5.11 Å². The van der Waals surface area contributed by atoms with Gasteiger partial charge in [0.25, 0.3) is 0 Å². The standard InChI is InChI=1S/C13H16BrNO2/c1-9-7-11(14)5-4-10(9)8-15-6-2-3-12(15)13(16)17/h4-5,7,12H,2-3,6,8H2,1H3,(H,16,17)/t12-/m1/s1. The van der Waals surface area contributed by atoms with Crippen molar-refractivity contribution in [3.05, 3.63) is 33.8 Å². The minimum absolute atomic E-state index is 0.307. The molecule has 17 heavy (non-hydrogen) atoms. The van der Waals surface area contributed by atoms with Gasteiger partial charge in [-0.25, -0.2) is 0 Å². The molecule has 1 aliphatic rings. The maximum atomic E-state index is 11.1. The third-order valence-electron chi connectivity index (χ3n) is 3.33. The van der Waals surface area contributed by atoms with Crippen LogP contribution in [0.2, 0.25) is 0 Å². The fourth-order valence-electron chi connectivity index (χ4n) is 2.35. The first-order chi connectivity index (χ1) is 8.08. The highest BCUT2D eigenvalue weighted by molar-refractivity contribution is 9.10. The minimum Gasteiger partial charge on any atom is -0.480 e. The van der Waals surface area contributed by atoms with Crippen LogP contribution in [0.5, 0.6) is 0 Å². The van der Waals surface area contributed by atoms with Crippen LogP contribution in [0.25, 0.3) is 0 Å². The van der Waals surface area contributed by atoms with E-state index in [2.05, 4.69) is 39.9 Å². The van der Waals surface area contributed by atoms with Crippen LogP contribution in [0, 0.1) is 6.92 Å². The van der Waals surface area contributed by atoms with Gasteiger partial charge in [0.15, 0.2) is 0 Å². The average molecular weight is 298 g/mol. The number of carbonyl (C=O) groups is 1. The summed E-state index contributed by atoms with van der Waals surface area (Å²) in [4.78, 5) is 13.1. The number of carboxylic acid groups (broad SMARTS) is 1. The van der Waals surface area contributed by atoms with Gasteiger partial charge in [-0.2, -0.15) is 0 Å². The van der Waals surface area contributed by atoms with Crippen molar-refractivity contribution in [3.8, 4) is 0 Å². The largest absolute Gasteiger partial charge is 0.480 e. The third-order valence-corrected chi connectivity index (χ3v) is 3.82. The van der Waals surface area contributed by atoms with Gasteiger partial charge in [0.2, 0.25) is 0 Å². The van der Waals surface area contributed by atoms with Crippen LogP contribution in [-0.2, 0) is 11.3 Å². The SMILES string of the molecule is Cc1cc(Br)ccc1CN1CCC[C@@H]1C(=O)O. The van der Waals surface area contributed by atoms with Crippen LogP contribution in [0.15, 0.2) is 22.7 Å². The van der Waals surface area contributed by atoms with E-state index in [-0.39, 0.29) is 6.04 Å². The van der Waals surface area contributed by atoms with Crippen molar-refractivity contribution in [1.82, 2.24) is 4.90 Å². The Hall–Kier alpha value is -0.870. The molecule has 2 rings (SSSR count). The molecular formula is C13H16BrNO2. The normalized spacial score (nSPS) is 20.7. The second kappa shape index (κ2) is 5.19. The smallest absolute Gasteiger partial charge is 0.320 e. The van der Waals surface area contributed by atoms with Crippen LogP contribution >= 0.6 is 15.9 Å². The lowest BCUT2D eigenvalue weighted by Gasteiger charge is -2.22. The number of carboxylic acids is 1. The second-order valence-electron chi connectivity index (χ2n) is 4.54. The number of nitrogens with zero attached hydrogens (tertiary/aromatic N) is 1. The predicted octanol–water partition coefficient (Wildman–Crippen LogP) is 2.81. The molecule has 1 saturated heterocycles. The second-order valence-corrected chi connectivity index (χ2v) is 5.45. The van der Waals surface area contributed by atoms with Crippen molar-refractivity contribution in [2.24, 2.45) is 0 Å². The minimum atomic E-state index is -0.697. The molecular weight excluding hydrogens is 282 g/mol. The molecule has 1 N–H and O–H groups in total. The first kappa shape index (κ1) is 12.6. The van der Waals surface area contributed by atoms with Crippen LogP contribution < -0.4 is 0 Å². The van der Waals surface area contributed by atoms with Gasteiger partial charge in [-0.15, -0.1) is 0 Å². The summed E-state index contributed by atoms with van der Waals surface area (Å²) < 4.78 is 1.06. The highest BCUT2D eigenvalue weighted by Crippen LogP contribution is 2.23. The lowest BCUT2D eigenvalue weighted by Crippen LogP contribution is -2.35. The van der Waals surface area contributed by atoms with Gasteiger partial charge in [0.05, 0.1) is 0 Å². The zero-order chi connectivity index (χ0) is 12.4. The van der Waals surface area contributed by atoms with Gasteiger partial charge in [-0.05, 0) is 49.6 Å². The maximum Gasteiger partial charge on any atom is 0.320 e. The Morgan fingerprint density at radius 1 is 1.59 bits per heavy atom. The van der Waals surface area contributed by atoms with E-state index in [9.17, 15) is 4.79 Å². The van der Waals surface area contributed by atoms with Crippen LogP contribution in [-0.4, -0.2) is 28.6 Å². The lowest BCUT2D eigenvalue weighted by atomic mass is 10.1. The molecule has 92 valence electrons. The summed E-state index contributed by atoms with van der Waals surface area (Å²) >= 11 is 3.44. The highest BCUT2D eigenvalue weighted by atomic mass is 79.9. The van der Waals surface area contributed by atoms with Crippen molar-refractivity contribution < 1.29 is 9.90 Å². The number of halogens is 1. The fraction of sp³-hybridized carbons (Fsp3) is 0.462. The van der Waals surface area contributed by atoms with E-state index in [0.29, 0.717) is 0 Å². The van der Waals surface area contributed by atoms with Crippen LogP contribution in [0.4, 0.5) is 0 Å². The molecule has 1 aromatic rings. The summed E-state index contributed by atoms with van der Waals surface area (Å²) in [5.41, 5.74) is 2.41. The summed E-state index contributed by atoms with van der Waals surface area (Å²) in [5.74, 6) is -0.697. The molecule has 1 aromatic carbocycles. The summed E-state index contributed by atoms with van der Waals surface area (Å²) in [7, 11) is 0. The number of hydrogen-bond donors (Lipinski definition) is 1. The lowest BCUT2D eigenvalue weighted by molar-refractivity contribution is -0.142. The fourth-order valence-corrected chi connectivity index (χ4v) is 2.83. The molecule has 0 spiro atoms. The van der Waals surface area contributed by atoms with Gasteiger partial charge in [0.1, 0.15) is 6.04 Å². The van der Waals surface area contributed by atoms with E-state index >= 15 is 0 Å².